The van der Waals surface area contributed by atoms with Gasteiger partial charge in [0, 0.05) is 13.7 Å². The van der Waals surface area contributed by atoms with Gasteiger partial charge in [0.05, 0.1) is 16.8 Å². The summed E-state index contributed by atoms with van der Waals surface area (Å²) in [5, 5.41) is 0. The molecule has 0 radical (unpaired) electrons. The fraction of sp³-hybridized carbons (Fsp3) is 0.667. The highest BCUT2D eigenvalue weighted by Gasteiger charge is 2.21. The van der Waals surface area contributed by atoms with E-state index in [0.717, 1.165) is 5.69 Å². The Bertz CT molecular complexity index is 399. The minimum absolute atomic E-state index is 0.152. The molecular weight excluding hydrogens is 298 g/mol. The number of hydrogen-bond donors (Lipinski definition) is 1. The fourth-order valence-electron chi connectivity index (χ4n) is 1.64. The number of ether oxygens (including phenoxy) is 2. The molecule has 102 valence electrons. The highest BCUT2D eigenvalue weighted by Crippen LogP contribution is 2.28. The summed E-state index contributed by atoms with van der Waals surface area (Å²) in [6, 6.07) is 0. The summed E-state index contributed by atoms with van der Waals surface area (Å²) in [7, 11) is 1.62. The number of nitrogen functional groups attached to an aromatic ring is 1. The fourth-order valence-corrected chi connectivity index (χ4v) is 1.93. The molecule has 0 bridgehead atoms. The molecule has 0 amide bonds. The van der Waals surface area contributed by atoms with Crippen molar-refractivity contribution in [3.63, 3.8) is 0 Å². The lowest BCUT2D eigenvalue weighted by molar-refractivity contribution is 0.0228. The molecule has 0 aliphatic rings. The summed E-state index contributed by atoms with van der Waals surface area (Å²) in [5.41, 5.74) is 6.62. The Balaban J connectivity index is 3.14. The molecule has 0 aliphatic carbocycles. The third kappa shape index (κ3) is 3.63. The zero-order valence-corrected chi connectivity index (χ0v) is 12.8. The first kappa shape index (κ1) is 15.3. The Hall–Kier alpha value is -0.720. The Kier molecular flexibility index (Phi) is 5.98. The van der Waals surface area contributed by atoms with Crippen molar-refractivity contribution in [2.75, 3.05) is 19.5 Å². The van der Waals surface area contributed by atoms with Gasteiger partial charge in [-0.1, -0.05) is 13.8 Å². The van der Waals surface area contributed by atoms with Gasteiger partial charge >= 0.3 is 0 Å². The van der Waals surface area contributed by atoms with Gasteiger partial charge in [0.1, 0.15) is 11.9 Å². The van der Waals surface area contributed by atoms with E-state index in [9.17, 15) is 0 Å². The highest BCUT2D eigenvalue weighted by molar-refractivity contribution is 9.10. The van der Waals surface area contributed by atoms with E-state index in [-0.39, 0.29) is 12.0 Å². The molecule has 0 saturated carbocycles. The molecule has 1 unspecified atom stereocenters. The molecule has 0 aliphatic heterocycles. The Morgan fingerprint density at radius 1 is 1.33 bits per heavy atom. The van der Waals surface area contributed by atoms with Crippen molar-refractivity contribution in [1.29, 1.82) is 0 Å². The van der Waals surface area contributed by atoms with Gasteiger partial charge in [0.2, 0.25) is 0 Å². The minimum Gasteiger partial charge on any atom is -0.383 e. The minimum atomic E-state index is -0.152. The lowest BCUT2D eigenvalue weighted by Gasteiger charge is -2.20. The highest BCUT2D eigenvalue weighted by atomic mass is 79.9. The molecule has 0 saturated heterocycles. The third-order valence-corrected chi connectivity index (χ3v) is 3.31. The number of nitrogens with zero attached hydrogens (tertiary/aromatic N) is 2. The molecule has 1 aromatic heterocycles. The van der Waals surface area contributed by atoms with Crippen molar-refractivity contribution in [3.8, 4) is 0 Å². The number of methoxy groups -OCH3 is 1. The standard InChI is InChI=1S/C12H20BrN3O2/c1-5-18-10(7(2)3)12-15-8(6-17-4)9(13)11(14)16-12/h7,10H,5-6H2,1-4H3,(H2,14,15,16). The van der Waals surface area contributed by atoms with E-state index in [1.54, 1.807) is 7.11 Å². The van der Waals surface area contributed by atoms with Crippen molar-refractivity contribution in [2.24, 2.45) is 5.92 Å². The monoisotopic (exact) mass is 317 g/mol. The molecule has 1 aromatic rings. The van der Waals surface area contributed by atoms with Gasteiger partial charge in [-0.25, -0.2) is 9.97 Å². The summed E-state index contributed by atoms with van der Waals surface area (Å²) >= 11 is 3.37. The summed E-state index contributed by atoms with van der Waals surface area (Å²) in [4.78, 5) is 8.77. The van der Waals surface area contributed by atoms with E-state index in [0.29, 0.717) is 29.3 Å². The summed E-state index contributed by atoms with van der Waals surface area (Å²) in [6.45, 7) is 7.09. The predicted octanol–water partition coefficient (Wildman–Crippen LogP) is 2.70. The lowest BCUT2D eigenvalue weighted by atomic mass is 10.1. The van der Waals surface area contributed by atoms with E-state index < -0.39 is 0 Å². The molecule has 1 atom stereocenters. The van der Waals surface area contributed by atoms with Crippen molar-refractivity contribution in [3.05, 3.63) is 16.0 Å². The molecule has 1 rings (SSSR count). The molecule has 5 nitrogen and oxygen atoms in total. The van der Waals surface area contributed by atoms with Crippen LogP contribution in [0.1, 0.15) is 38.4 Å². The molecule has 0 fully saturated rings. The first-order valence-corrected chi connectivity index (χ1v) is 6.72. The van der Waals surface area contributed by atoms with Crippen LogP contribution in [0.25, 0.3) is 0 Å². The van der Waals surface area contributed by atoms with E-state index in [2.05, 4.69) is 39.7 Å². The Morgan fingerprint density at radius 3 is 2.50 bits per heavy atom. The third-order valence-electron chi connectivity index (χ3n) is 2.45. The number of halogens is 1. The maximum Gasteiger partial charge on any atom is 0.160 e. The maximum absolute atomic E-state index is 5.88. The molecule has 0 aromatic carbocycles. The van der Waals surface area contributed by atoms with Crippen LogP contribution in [0.4, 0.5) is 5.82 Å². The predicted molar refractivity (Wildman–Crippen MR) is 74.1 cm³/mol. The van der Waals surface area contributed by atoms with Crippen LogP contribution in [0.15, 0.2) is 4.47 Å². The summed E-state index contributed by atoms with van der Waals surface area (Å²) in [6.07, 6.45) is -0.152. The summed E-state index contributed by atoms with van der Waals surface area (Å²) < 4.78 is 11.5. The van der Waals surface area contributed by atoms with Gasteiger partial charge in [0.15, 0.2) is 5.82 Å². The molecule has 18 heavy (non-hydrogen) atoms. The van der Waals surface area contributed by atoms with Gasteiger partial charge in [0.25, 0.3) is 0 Å². The van der Waals surface area contributed by atoms with Gasteiger partial charge < -0.3 is 15.2 Å². The van der Waals surface area contributed by atoms with Crippen LogP contribution in [0.2, 0.25) is 0 Å². The van der Waals surface area contributed by atoms with Crippen LogP contribution in [0.5, 0.6) is 0 Å². The molecule has 0 spiro atoms. The quantitative estimate of drug-likeness (QED) is 0.873. The number of anilines is 1. The van der Waals surface area contributed by atoms with E-state index in [4.69, 9.17) is 15.2 Å². The molecule has 2 N–H and O–H groups in total. The van der Waals surface area contributed by atoms with Crippen LogP contribution in [0.3, 0.4) is 0 Å². The van der Waals surface area contributed by atoms with Crippen LogP contribution < -0.4 is 5.73 Å². The van der Waals surface area contributed by atoms with Gasteiger partial charge in [-0.3, -0.25) is 0 Å². The van der Waals surface area contributed by atoms with Crippen molar-refractivity contribution in [1.82, 2.24) is 9.97 Å². The van der Waals surface area contributed by atoms with Crippen molar-refractivity contribution >= 4 is 21.7 Å². The van der Waals surface area contributed by atoms with Gasteiger partial charge in [-0.05, 0) is 28.8 Å². The van der Waals surface area contributed by atoms with Crippen LogP contribution in [-0.2, 0) is 16.1 Å². The number of aromatic nitrogens is 2. The Labute approximate surface area is 116 Å². The second-order valence-corrected chi connectivity index (χ2v) is 5.07. The van der Waals surface area contributed by atoms with Crippen LogP contribution in [-0.4, -0.2) is 23.7 Å². The average Bonchev–Trinajstić information content (AvgIpc) is 2.31. The Morgan fingerprint density at radius 2 is 2.00 bits per heavy atom. The second kappa shape index (κ2) is 7.01. The number of hydrogen-bond acceptors (Lipinski definition) is 5. The topological polar surface area (TPSA) is 70.3 Å². The molecule has 6 heteroatoms. The van der Waals surface area contributed by atoms with Gasteiger partial charge in [-0.2, -0.15) is 0 Å². The molecular formula is C12H20BrN3O2. The van der Waals surface area contributed by atoms with Crippen LogP contribution in [0, 0.1) is 5.92 Å². The number of rotatable bonds is 6. The van der Waals surface area contributed by atoms with E-state index in [1.165, 1.54) is 0 Å². The zero-order chi connectivity index (χ0) is 13.7. The van der Waals surface area contributed by atoms with Crippen molar-refractivity contribution in [2.45, 2.75) is 33.5 Å². The normalized spacial score (nSPS) is 13.0. The largest absolute Gasteiger partial charge is 0.383 e. The SMILES string of the molecule is CCOC(c1nc(N)c(Br)c(COC)n1)C(C)C. The van der Waals surface area contributed by atoms with E-state index in [1.807, 2.05) is 6.92 Å². The summed E-state index contributed by atoms with van der Waals surface area (Å²) in [5.74, 6) is 1.30. The second-order valence-electron chi connectivity index (χ2n) is 4.28. The molecule has 1 heterocycles. The van der Waals surface area contributed by atoms with Gasteiger partial charge in [-0.15, -0.1) is 0 Å². The smallest absolute Gasteiger partial charge is 0.160 e. The first-order valence-electron chi connectivity index (χ1n) is 5.93. The van der Waals surface area contributed by atoms with E-state index >= 15 is 0 Å². The zero-order valence-electron chi connectivity index (χ0n) is 11.2. The van der Waals surface area contributed by atoms with Crippen molar-refractivity contribution < 1.29 is 9.47 Å². The number of nitrogens with two attached hydrogens (primary N) is 1. The van der Waals surface area contributed by atoms with Crippen LogP contribution >= 0.6 is 15.9 Å². The lowest BCUT2D eigenvalue weighted by Crippen LogP contribution is -2.17. The maximum atomic E-state index is 5.88. The first-order chi connectivity index (χ1) is 8.51. The average molecular weight is 318 g/mol.